The zero-order valence-corrected chi connectivity index (χ0v) is 16.5. The Kier molecular flexibility index (Phi) is 4.98. The first-order valence-electron chi connectivity index (χ1n) is 9.91. The highest BCUT2D eigenvalue weighted by Gasteiger charge is 2.46. The van der Waals surface area contributed by atoms with E-state index in [9.17, 15) is 9.59 Å². The number of ether oxygens (including phenoxy) is 1. The molecule has 1 N–H and O–H groups in total. The number of benzene rings is 2. The number of rotatable bonds is 2. The molecule has 2 amide bonds. The summed E-state index contributed by atoms with van der Waals surface area (Å²) in [7, 11) is 3.67. The van der Waals surface area contributed by atoms with Crippen LogP contribution in [0.5, 0.6) is 5.75 Å². The molecule has 2 aliphatic rings. The summed E-state index contributed by atoms with van der Waals surface area (Å²) in [6.07, 6.45) is 2.29. The largest absolute Gasteiger partial charge is 0.496 e. The van der Waals surface area contributed by atoms with Gasteiger partial charge in [-0.2, -0.15) is 0 Å². The van der Waals surface area contributed by atoms with E-state index < -0.39 is 5.54 Å². The molecule has 6 nitrogen and oxygen atoms in total. The predicted octanol–water partition coefficient (Wildman–Crippen LogP) is 2.27. The van der Waals surface area contributed by atoms with Gasteiger partial charge in [-0.15, -0.1) is 0 Å². The van der Waals surface area contributed by atoms with E-state index in [1.54, 1.807) is 7.11 Å². The number of nitrogens with zero attached hydrogens (tertiary/aromatic N) is 2. The van der Waals surface area contributed by atoms with Gasteiger partial charge in [0.2, 0.25) is 5.91 Å². The Labute approximate surface area is 165 Å². The normalized spacial score (nSPS) is 20.1. The van der Waals surface area contributed by atoms with Crippen molar-refractivity contribution in [3.8, 4) is 5.75 Å². The second-order valence-corrected chi connectivity index (χ2v) is 7.72. The number of carbonyl (C=O) groups is 2. The van der Waals surface area contributed by atoms with Crippen molar-refractivity contribution in [1.82, 2.24) is 15.1 Å². The molecular formula is C22H27N3O3. The van der Waals surface area contributed by atoms with Gasteiger partial charge < -0.3 is 15.0 Å². The summed E-state index contributed by atoms with van der Waals surface area (Å²) >= 11 is 0. The summed E-state index contributed by atoms with van der Waals surface area (Å²) in [5.41, 5.74) is 0.195. The molecule has 0 atom stereocenters. The molecule has 2 saturated heterocycles. The van der Waals surface area contributed by atoms with Gasteiger partial charge in [-0.25, -0.2) is 0 Å². The highest BCUT2D eigenvalue weighted by atomic mass is 16.5. The van der Waals surface area contributed by atoms with Crippen LogP contribution in [-0.2, 0) is 4.79 Å². The number of likely N-dealkylation sites (N-methyl/N-ethyl adjacent to an activating group) is 1. The molecule has 2 fully saturated rings. The van der Waals surface area contributed by atoms with Crippen LogP contribution in [0.25, 0.3) is 10.8 Å². The molecule has 0 saturated carbocycles. The van der Waals surface area contributed by atoms with Gasteiger partial charge in [0.05, 0.1) is 7.11 Å². The van der Waals surface area contributed by atoms with E-state index in [0.717, 1.165) is 36.0 Å². The monoisotopic (exact) mass is 381 g/mol. The summed E-state index contributed by atoms with van der Waals surface area (Å²) in [5, 5.41) is 4.89. The van der Waals surface area contributed by atoms with Gasteiger partial charge in [0.25, 0.3) is 5.91 Å². The number of hydrogen-bond acceptors (Lipinski definition) is 4. The van der Waals surface area contributed by atoms with E-state index in [2.05, 4.69) is 10.2 Å². The fraction of sp³-hybridized carbons (Fsp3) is 0.455. The van der Waals surface area contributed by atoms with Crippen molar-refractivity contribution in [3.63, 3.8) is 0 Å². The summed E-state index contributed by atoms with van der Waals surface area (Å²) in [6.45, 7) is 2.79. The maximum atomic E-state index is 13.3. The summed E-state index contributed by atoms with van der Waals surface area (Å²) in [4.78, 5) is 30.1. The summed E-state index contributed by atoms with van der Waals surface area (Å²) in [6, 6.07) is 11.5. The lowest BCUT2D eigenvalue weighted by molar-refractivity contribution is -0.134. The van der Waals surface area contributed by atoms with Crippen LogP contribution in [0, 0.1) is 0 Å². The molecule has 2 heterocycles. The number of fused-ring (bicyclic) bond motifs is 1. The van der Waals surface area contributed by atoms with Crippen molar-refractivity contribution in [2.45, 2.75) is 24.8 Å². The Hall–Kier alpha value is -2.60. The Bertz CT molecular complexity index is 903. The molecule has 148 valence electrons. The quantitative estimate of drug-likeness (QED) is 0.867. The van der Waals surface area contributed by atoms with Crippen LogP contribution >= 0.6 is 0 Å². The number of amides is 2. The van der Waals surface area contributed by atoms with E-state index in [0.29, 0.717) is 31.5 Å². The number of carbonyl (C=O) groups excluding carboxylic acids is 2. The first kappa shape index (κ1) is 18.7. The SMILES string of the molecule is COc1ccc(C(=O)N2CCC3(CC2)C(=O)NCCCN3C)c2ccccc12. The molecule has 1 spiro atoms. The fourth-order valence-electron chi connectivity index (χ4n) is 4.56. The Morgan fingerprint density at radius 1 is 1.07 bits per heavy atom. The highest BCUT2D eigenvalue weighted by Crippen LogP contribution is 2.33. The first-order valence-corrected chi connectivity index (χ1v) is 9.91. The van der Waals surface area contributed by atoms with E-state index in [1.807, 2.05) is 48.3 Å². The molecule has 4 rings (SSSR count). The third-order valence-electron chi connectivity index (χ3n) is 6.32. The Balaban J connectivity index is 1.58. The number of hydrogen-bond donors (Lipinski definition) is 1. The van der Waals surface area contributed by atoms with Gasteiger partial charge >= 0.3 is 0 Å². The zero-order chi connectivity index (χ0) is 19.7. The number of likely N-dealkylation sites (tertiary alicyclic amines) is 1. The second kappa shape index (κ2) is 7.43. The summed E-state index contributed by atoms with van der Waals surface area (Å²) < 4.78 is 5.44. The van der Waals surface area contributed by atoms with Crippen LogP contribution in [0.2, 0.25) is 0 Å². The average molecular weight is 381 g/mol. The smallest absolute Gasteiger partial charge is 0.254 e. The van der Waals surface area contributed by atoms with Crippen molar-refractivity contribution >= 4 is 22.6 Å². The van der Waals surface area contributed by atoms with Crippen LogP contribution in [0.3, 0.4) is 0 Å². The van der Waals surface area contributed by atoms with Gasteiger partial charge in [0.15, 0.2) is 0 Å². The number of piperidine rings is 1. The molecule has 6 heteroatoms. The summed E-state index contributed by atoms with van der Waals surface area (Å²) in [5.74, 6) is 0.890. The molecule has 0 bridgehead atoms. The standard InChI is InChI=1S/C22H27N3O3/c1-24-13-5-12-23-21(27)22(24)10-14-25(15-11-22)20(26)18-8-9-19(28-2)17-7-4-3-6-16(17)18/h3-4,6-9H,5,10-15H2,1-2H3,(H,23,27). The average Bonchev–Trinajstić information content (AvgIpc) is 2.87. The minimum Gasteiger partial charge on any atom is -0.496 e. The molecular weight excluding hydrogens is 354 g/mol. The maximum absolute atomic E-state index is 13.3. The van der Waals surface area contributed by atoms with Crippen LogP contribution in [0.4, 0.5) is 0 Å². The molecule has 0 aromatic heterocycles. The predicted molar refractivity (Wildman–Crippen MR) is 109 cm³/mol. The van der Waals surface area contributed by atoms with Crippen molar-refractivity contribution in [1.29, 1.82) is 0 Å². The fourth-order valence-corrected chi connectivity index (χ4v) is 4.56. The molecule has 2 aromatic carbocycles. The molecule has 2 aromatic rings. The Morgan fingerprint density at radius 2 is 1.79 bits per heavy atom. The van der Waals surface area contributed by atoms with Crippen molar-refractivity contribution in [2.75, 3.05) is 40.3 Å². The first-order chi connectivity index (χ1) is 13.6. The van der Waals surface area contributed by atoms with Crippen LogP contribution in [-0.4, -0.2) is 67.5 Å². The zero-order valence-electron chi connectivity index (χ0n) is 16.5. The van der Waals surface area contributed by atoms with Crippen molar-refractivity contribution in [2.24, 2.45) is 0 Å². The third-order valence-corrected chi connectivity index (χ3v) is 6.32. The minimum atomic E-state index is -0.491. The maximum Gasteiger partial charge on any atom is 0.254 e. The molecule has 0 radical (unpaired) electrons. The number of methoxy groups -OCH3 is 1. The molecule has 2 aliphatic heterocycles. The van der Waals surface area contributed by atoms with Crippen LogP contribution in [0.1, 0.15) is 29.6 Å². The lowest BCUT2D eigenvalue weighted by Gasteiger charge is -2.45. The van der Waals surface area contributed by atoms with Gasteiger partial charge in [-0.05, 0) is 43.8 Å². The van der Waals surface area contributed by atoms with Crippen LogP contribution < -0.4 is 10.1 Å². The van der Waals surface area contributed by atoms with Gasteiger partial charge in [0.1, 0.15) is 11.3 Å². The third kappa shape index (κ3) is 3.02. The van der Waals surface area contributed by atoms with Crippen LogP contribution in [0.15, 0.2) is 36.4 Å². The second-order valence-electron chi connectivity index (χ2n) is 7.72. The topological polar surface area (TPSA) is 61.9 Å². The van der Waals surface area contributed by atoms with E-state index >= 15 is 0 Å². The van der Waals surface area contributed by atoms with Crippen molar-refractivity contribution < 1.29 is 14.3 Å². The highest BCUT2D eigenvalue weighted by molar-refractivity contribution is 6.08. The lowest BCUT2D eigenvalue weighted by Crippen LogP contribution is -2.61. The van der Waals surface area contributed by atoms with Gasteiger partial charge in [-0.1, -0.05) is 24.3 Å². The van der Waals surface area contributed by atoms with Crippen molar-refractivity contribution in [3.05, 3.63) is 42.0 Å². The van der Waals surface area contributed by atoms with Gasteiger partial charge in [-0.3, -0.25) is 14.5 Å². The van der Waals surface area contributed by atoms with E-state index in [1.165, 1.54) is 0 Å². The Morgan fingerprint density at radius 3 is 2.50 bits per heavy atom. The number of nitrogens with one attached hydrogen (secondary N) is 1. The van der Waals surface area contributed by atoms with E-state index in [4.69, 9.17) is 4.74 Å². The molecule has 0 aliphatic carbocycles. The van der Waals surface area contributed by atoms with Gasteiger partial charge in [0, 0.05) is 37.1 Å². The lowest BCUT2D eigenvalue weighted by atomic mass is 9.84. The molecule has 0 unspecified atom stereocenters. The van der Waals surface area contributed by atoms with E-state index in [-0.39, 0.29) is 11.8 Å². The molecule has 28 heavy (non-hydrogen) atoms. The minimum absolute atomic E-state index is 0.0189.